The highest BCUT2D eigenvalue weighted by atomic mass is 35.5. The first-order valence-electron chi connectivity index (χ1n) is 9.48. The Labute approximate surface area is 190 Å². The molecule has 0 saturated carbocycles. The molecular formula is C21H22Cl3N3O3. The minimum atomic E-state index is -0.801. The van der Waals surface area contributed by atoms with Crippen molar-refractivity contribution in [2.75, 3.05) is 36.4 Å². The summed E-state index contributed by atoms with van der Waals surface area (Å²) in [6.07, 6.45) is -0.801. The lowest BCUT2D eigenvalue weighted by Gasteiger charge is -2.37. The van der Waals surface area contributed by atoms with Gasteiger partial charge in [-0.15, -0.1) is 0 Å². The fourth-order valence-electron chi connectivity index (χ4n) is 3.23. The van der Waals surface area contributed by atoms with Crippen LogP contribution in [0.2, 0.25) is 15.1 Å². The Morgan fingerprint density at radius 3 is 2.37 bits per heavy atom. The number of nitrogens with zero attached hydrogens (tertiary/aromatic N) is 2. The average Bonchev–Trinajstić information content (AvgIpc) is 2.70. The largest absolute Gasteiger partial charge is 0.479 e. The first kappa shape index (κ1) is 22.5. The minimum absolute atomic E-state index is 0.0502. The Bertz CT molecular complexity index is 946. The SMILES string of the molecule is CC(=O)N1CCN(c2c(Cl)cccc2NC(=O)C(C)Oc2ccc(Cl)cc2Cl)CC1. The van der Waals surface area contributed by atoms with Crippen LogP contribution >= 0.6 is 34.8 Å². The van der Waals surface area contributed by atoms with Gasteiger partial charge < -0.3 is 19.9 Å². The van der Waals surface area contributed by atoms with Crippen molar-refractivity contribution < 1.29 is 14.3 Å². The predicted octanol–water partition coefficient (Wildman–Crippen LogP) is 4.72. The topological polar surface area (TPSA) is 61.9 Å². The highest BCUT2D eigenvalue weighted by Gasteiger charge is 2.24. The first-order valence-corrected chi connectivity index (χ1v) is 10.6. The van der Waals surface area contributed by atoms with E-state index in [-0.39, 0.29) is 11.8 Å². The van der Waals surface area contributed by atoms with Crippen molar-refractivity contribution in [2.24, 2.45) is 0 Å². The number of benzene rings is 2. The number of para-hydroxylation sites is 1. The van der Waals surface area contributed by atoms with Crippen molar-refractivity contribution in [1.82, 2.24) is 4.90 Å². The molecule has 1 heterocycles. The summed E-state index contributed by atoms with van der Waals surface area (Å²) in [4.78, 5) is 28.2. The molecule has 30 heavy (non-hydrogen) atoms. The van der Waals surface area contributed by atoms with E-state index in [1.807, 2.05) is 0 Å². The Hall–Kier alpha value is -2.15. The number of carbonyl (C=O) groups is 2. The number of amides is 2. The van der Waals surface area contributed by atoms with Crippen molar-refractivity contribution in [3.05, 3.63) is 51.5 Å². The Balaban J connectivity index is 1.72. The van der Waals surface area contributed by atoms with Gasteiger partial charge in [-0.05, 0) is 37.3 Å². The van der Waals surface area contributed by atoms with E-state index in [1.54, 1.807) is 55.1 Å². The number of anilines is 2. The van der Waals surface area contributed by atoms with Crippen LogP contribution in [-0.2, 0) is 9.59 Å². The highest BCUT2D eigenvalue weighted by Crippen LogP contribution is 2.35. The van der Waals surface area contributed by atoms with Gasteiger partial charge in [-0.2, -0.15) is 0 Å². The minimum Gasteiger partial charge on any atom is -0.479 e. The monoisotopic (exact) mass is 469 g/mol. The summed E-state index contributed by atoms with van der Waals surface area (Å²) in [6.45, 7) is 5.64. The van der Waals surface area contributed by atoms with Crippen molar-refractivity contribution in [2.45, 2.75) is 20.0 Å². The highest BCUT2D eigenvalue weighted by molar-refractivity contribution is 6.35. The summed E-state index contributed by atoms with van der Waals surface area (Å²) in [5.74, 6) is 0.0801. The molecule has 1 aliphatic rings. The van der Waals surface area contributed by atoms with Gasteiger partial charge in [-0.1, -0.05) is 40.9 Å². The van der Waals surface area contributed by atoms with Gasteiger partial charge >= 0.3 is 0 Å². The van der Waals surface area contributed by atoms with E-state index >= 15 is 0 Å². The maximum Gasteiger partial charge on any atom is 0.265 e. The second-order valence-electron chi connectivity index (χ2n) is 6.95. The van der Waals surface area contributed by atoms with Crippen molar-refractivity contribution in [3.63, 3.8) is 0 Å². The second-order valence-corrected chi connectivity index (χ2v) is 8.20. The number of ether oxygens (including phenoxy) is 1. The number of hydrogen-bond donors (Lipinski definition) is 1. The maximum atomic E-state index is 12.8. The van der Waals surface area contributed by atoms with Gasteiger partial charge in [0.05, 0.1) is 21.4 Å². The molecule has 2 aromatic carbocycles. The third kappa shape index (κ3) is 5.31. The zero-order valence-corrected chi connectivity index (χ0v) is 18.9. The van der Waals surface area contributed by atoms with Gasteiger partial charge in [0, 0.05) is 38.1 Å². The fraction of sp³-hybridized carbons (Fsp3) is 0.333. The molecule has 1 fully saturated rings. The third-order valence-electron chi connectivity index (χ3n) is 4.85. The quantitative estimate of drug-likeness (QED) is 0.687. The van der Waals surface area contributed by atoms with Crippen molar-refractivity contribution in [1.29, 1.82) is 0 Å². The molecule has 0 aliphatic carbocycles. The summed E-state index contributed by atoms with van der Waals surface area (Å²) >= 11 is 18.5. The molecule has 160 valence electrons. The van der Waals surface area contributed by atoms with Crippen LogP contribution in [0.3, 0.4) is 0 Å². The van der Waals surface area contributed by atoms with E-state index in [4.69, 9.17) is 39.5 Å². The molecule has 2 amide bonds. The summed E-state index contributed by atoms with van der Waals surface area (Å²) in [6, 6.07) is 10.2. The molecule has 3 rings (SSSR count). The number of carbonyl (C=O) groups excluding carboxylic acids is 2. The molecule has 1 saturated heterocycles. The Morgan fingerprint density at radius 1 is 1.03 bits per heavy atom. The Kier molecular flexibility index (Phi) is 7.34. The summed E-state index contributed by atoms with van der Waals surface area (Å²) in [5.41, 5.74) is 1.31. The molecule has 0 aromatic heterocycles. The molecule has 0 spiro atoms. The zero-order valence-electron chi connectivity index (χ0n) is 16.6. The zero-order chi connectivity index (χ0) is 21.8. The smallest absolute Gasteiger partial charge is 0.265 e. The standard InChI is InChI=1S/C21H22Cl3N3O3/c1-13(30-19-7-6-15(22)12-17(19)24)21(29)25-18-5-3-4-16(23)20(18)27-10-8-26(9-11-27)14(2)28/h3-7,12-13H,8-11H2,1-2H3,(H,25,29). The van der Waals surface area contributed by atoms with Gasteiger partial charge in [-0.25, -0.2) is 0 Å². The molecule has 1 N–H and O–H groups in total. The van der Waals surface area contributed by atoms with E-state index in [0.29, 0.717) is 52.7 Å². The predicted molar refractivity (Wildman–Crippen MR) is 121 cm³/mol. The lowest BCUT2D eigenvalue weighted by Crippen LogP contribution is -2.48. The fourth-order valence-corrected chi connectivity index (χ4v) is 3.98. The third-order valence-corrected chi connectivity index (χ3v) is 5.69. The van der Waals surface area contributed by atoms with E-state index in [2.05, 4.69) is 10.2 Å². The average molecular weight is 471 g/mol. The lowest BCUT2D eigenvalue weighted by atomic mass is 10.2. The normalized spacial score (nSPS) is 15.0. The van der Waals surface area contributed by atoms with Gasteiger partial charge in [0.25, 0.3) is 5.91 Å². The molecule has 9 heteroatoms. The van der Waals surface area contributed by atoms with E-state index < -0.39 is 6.10 Å². The van der Waals surface area contributed by atoms with Gasteiger partial charge in [0.1, 0.15) is 5.75 Å². The van der Waals surface area contributed by atoms with Crippen LogP contribution in [0.4, 0.5) is 11.4 Å². The van der Waals surface area contributed by atoms with Gasteiger partial charge in [-0.3, -0.25) is 9.59 Å². The maximum absolute atomic E-state index is 12.8. The van der Waals surface area contributed by atoms with Crippen molar-refractivity contribution >= 4 is 58.0 Å². The molecule has 1 unspecified atom stereocenters. The number of rotatable bonds is 5. The first-order chi connectivity index (χ1) is 14.3. The molecule has 1 atom stereocenters. The molecule has 1 aliphatic heterocycles. The molecule has 2 aromatic rings. The number of piperazine rings is 1. The van der Waals surface area contributed by atoms with Crippen LogP contribution in [0.25, 0.3) is 0 Å². The lowest BCUT2D eigenvalue weighted by molar-refractivity contribution is -0.129. The number of halogens is 3. The van der Waals surface area contributed by atoms with Crippen molar-refractivity contribution in [3.8, 4) is 5.75 Å². The Morgan fingerprint density at radius 2 is 1.73 bits per heavy atom. The second kappa shape index (κ2) is 9.77. The molecule has 6 nitrogen and oxygen atoms in total. The number of nitrogens with one attached hydrogen (secondary N) is 1. The van der Waals surface area contributed by atoms with Crippen LogP contribution in [0.1, 0.15) is 13.8 Å². The molecule has 0 radical (unpaired) electrons. The number of hydrogen-bond acceptors (Lipinski definition) is 4. The van der Waals surface area contributed by atoms with E-state index in [1.165, 1.54) is 0 Å². The van der Waals surface area contributed by atoms with Gasteiger partial charge in [0.2, 0.25) is 5.91 Å². The molecular weight excluding hydrogens is 449 g/mol. The summed E-state index contributed by atoms with van der Waals surface area (Å²) in [7, 11) is 0. The van der Waals surface area contributed by atoms with Crippen LogP contribution in [0.15, 0.2) is 36.4 Å². The van der Waals surface area contributed by atoms with Crippen LogP contribution in [-0.4, -0.2) is 49.0 Å². The van der Waals surface area contributed by atoms with Crippen LogP contribution in [0.5, 0.6) is 5.75 Å². The van der Waals surface area contributed by atoms with Crippen LogP contribution < -0.4 is 15.0 Å². The van der Waals surface area contributed by atoms with E-state index in [0.717, 1.165) is 5.69 Å². The molecule has 0 bridgehead atoms. The summed E-state index contributed by atoms with van der Waals surface area (Å²) < 4.78 is 5.70. The summed E-state index contributed by atoms with van der Waals surface area (Å²) in [5, 5.41) is 4.23. The van der Waals surface area contributed by atoms with E-state index in [9.17, 15) is 9.59 Å². The van der Waals surface area contributed by atoms with Gasteiger partial charge in [0.15, 0.2) is 6.10 Å². The van der Waals surface area contributed by atoms with Crippen LogP contribution in [0, 0.1) is 0 Å².